The van der Waals surface area contributed by atoms with Gasteiger partial charge in [-0.2, -0.15) is 0 Å². The average molecular weight is 494 g/mol. The lowest BCUT2D eigenvalue weighted by atomic mass is 9.96. The molecule has 1 aromatic carbocycles. The molecule has 0 radical (unpaired) electrons. The number of nitrogens with one attached hydrogen (secondary N) is 1. The standard InChI is InChI=1S/C24H31NO10/c1-7-8-17-9-10-18(19(11-17)30-6)34-24-21(25-13(2)26)23(33-16(5)29)22(32-15(4)28)20(35-24)12-31-14(3)27/h7-11,20-24H,12H2,1-6H3,(H,25,26)/b8-7+/t20-,21+,22-,23+,24-/m1/s1. The highest BCUT2D eigenvalue weighted by Crippen LogP contribution is 2.34. The van der Waals surface area contributed by atoms with Crippen LogP contribution in [0.2, 0.25) is 0 Å². The van der Waals surface area contributed by atoms with Gasteiger partial charge in [-0.25, -0.2) is 0 Å². The molecule has 5 atom stereocenters. The number of ether oxygens (including phenoxy) is 6. The van der Waals surface area contributed by atoms with Gasteiger partial charge in [-0.15, -0.1) is 0 Å². The molecular formula is C24H31NO10. The third-order valence-electron chi connectivity index (χ3n) is 4.86. The van der Waals surface area contributed by atoms with Crippen molar-refractivity contribution < 1.29 is 47.6 Å². The Morgan fingerprint density at radius 3 is 2.17 bits per heavy atom. The minimum Gasteiger partial charge on any atom is -0.493 e. The molecule has 0 aromatic heterocycles. The van der Waals surface area contributed by atoms with Gasteiger partial charge in [0.05, 0.1) is 7.11 Å². The van der Waals surface area contributed by atoms with Gasteiger partial charge in [0.25, 0.3) is 0 Å². The summed E-state index contributed by atoms with van der Waals surface area (Å²) >= 11 is 0. The van der Waals surface area contributed by atoms with Crippen molar-refractivity contribution in [1.82, 2.24) is 5.32 Å². The highest BCUT2D eigenvalue weighted by Gasteiger charge is 2.52. The van der Waals surface area contributed by atoms with Crippen molar-refractivity contribution >= 4 is 29.9 Å². The van der Waals surface area contributed by atoms with Crippen LogP contribution in [-0.4, -0.2) is 68.2 Å². The topological polar surface area (TPSA) is 136 Å². The Labute approximate surface area is 203 Å². The van der Waals surface area contributed by atoms with Crippen LogP contribution in [0.5, 0.6) is 11.5 Å². The van der Waals surface area contributed by atoms with E-state index in [-0.39, 0.29) is 12.4 Å². The fourth-order valence-corrected chi connectivity index (χ4v) is 3.59. The quantitative estimate of drug-likeness (QED) is 0.400. The van der Waals surface area contributed by atoms with Crippen LogP contribution in [-0.2, 0) is 38.1 Å². The van der Waals surface area contributed by atoms with Crippen molar-refractivity contribution in [3.05, 3.63) is 29.8 Å². The van der Waals surface area contributed by atoms with E-state index in [4.69, 9.17) is 28.4 Å². The number of hydrogen-bond donors (Lipinski definition) is 1. The van der Waals surface area contributed by atoms with Crippen LogP contribution in [0, 0.1) is 0 Å². The molecule has 1 N–H and O–H groups in total. The molecule has 1 heterocycles. The minimum absolute atomic E-state index is 0.278. The maximum Gasteiger partial charge on any atom is 0.303 e. The molecule has 1 amide bonds. The summed E-state index contributed by atoms with van der Waals surface area (Å²) < 4.78 is 33.4. The summed E-state index contributed by atoms with van der Waals surface area (Å²) in [4.78, 5) is 47.3. The van der Waals surface area contributed by atoms with E-state index in [1.165, 1.54) is 34.8 Å². The number of rotatable bonds is 9. The number of carbonyl (C=O) groups excluding carboxylic acids is 4. The highest BCUT2D eigenvalue weighted by atomic mass is 16.7. The number of esters is 3. The smallest absolute Gasteiger partial charge is 0.303 e. The van der Waals surface area contributed by atoms with Gasteiger partial charge in [0, 0.05) is 27.7 Å². The van der Waals surface area contributed by atoms with Crippen molar-refractivity contribution in [2.45, 2.75) is 65.3 Å². The molecule has 0 saturated carbocycles. The Morgan fingerprint density at radius 1 is 0.971 bits per heavy atom. The van der Waals surface area contributed by atoms with E-state index in [1.54, 1.807) is 18.2 Å². The van der Waals surface area contributed by atoms with Gasteiger partial charge in [0.1, 0.15) is 18.8 Å². The van der Waals surface area contributed by atoms with Crippen LogP contribution in [0.25, 0.3) is 6.08 Å². The summed E-state index contributed by atoms with van der Waals surface area (Å²) in [6.07, 6.45) is -0.990. The Balaban J connectivity index is 2.51. The molecule has 1 aliphatic heterocycles. The molecule has 0 unspecified atom stereocenters. The molecule has 2 rings (SSSR count). The van der Waals surface area contributed by atoms with Crippen molar-refractivity contribution in [3.8, 4) is 11.5 Å². The fraction of sp³-hybridized carbons (Fsp3) is 0.500. The Bertz CT molecular complexity index is 960. The number of allylic oxidation sites excluding steroid dienone is 1. The zero-order valence-corrected chi connectivity index (χ0v) is 20.6. The summed E-state index contributed by atoms with van der Waals surface area (Å²) in [6.45, 7) is 6.36. The molecule has 1 saturated heterocycles. The third-order valence-corrected chi connectivity index (χ3v) is 4.86. The molecule has 1 aromatic rings. The molecule has 35 heavy (non-hydrogen) atoms. The summed E-state index contributed by atoms with van der Waals surface area (Å²) in [5.74, 6) is -1.79. The van der Waals surface area contributed by atoms with E-state index in [2.05, 4.69) is 5.32 Å². The van der Waals surface area contributed by atoms with Gasteiger partial charge in [0.2, 0.25) is 12.2 Å². The lowest BCUT2D eigenvalue weighted by Crippen LogP contribution is -2.67. The molecular weight excluding hydrogens is 462 g/mol. The fourth-order valence-electron chi connectivity index (χ4n) is 3.59. The van der Waals surface area contributed by atoms with Gasteiger partial charge in [-0.1, -0.05) is 18.2 Å². The third kappa shape index (κ3) is 7.99. The van der Waals surface area contributed by atoms with E-state index < -0.39 is 54.5 Å². The second kappa shape index (κ2) is 12.7. The van der Waals surface area contributed by atoms with Crippen molar-refractivity contribution in [2.75, 3.05) is 13.7 Å². The molecule has 0 aliphatic carbocycles. The van der Waals surface area contributed by atoms with Crippen molar-refractivity contribution in [2.24, 2.45) is 0 Å². The van der Waals surface area contributed by atoms with Crippen LogP contribution in [0.3, 0.4) is 0 Å². The van der Waals surface area contributed by atoms with Crippen LogP contribution < -0.4 is 14.8 Å². The normalized spacial score (nSPS) is 23.8. The van der Waals surface area contributed by atoms with Crippen LogP contribution >= 0.6 is 0 Å². The molecule has 11 heteroatoms. The molecule has 192 valence electrons. The van der Waals surface area contributed by atoms with E-state index in [0.717, 1.165) is 5.56 Å². The minimum atomic E-state index is -1.24. The van der Waals surface area contributed by atoms with Crippen LogP contribution in [0.15, 0.2) is 24.3 Å². The van der Waals surface area contributed by atoms with Crippen molar-refractivity contribution in [1.29, 1.82) is 0 Å². The number of benzene rings is 1. The average Bonchev–Trinajstić information content (AvgIpc) is 2.76. The van der Waals surface area contributed by atoms with E-state index in [9.17, 15) is 19.2 Å². The van der Waals surface area contributed by atoms with Gasteiger partial charge < -0.3 is 33.7 Å². The van der Waals surface area contributed by atoms with Crippen LogP contribution in [0.4, 0.5) is 0 Å². The number of methoxy groups -OCH3 is 1. The van der Waals surface area contributed by atoms with E-state index in [0.29, 0.717) is 5.75 Å². The maximum absolute atomic E-state index is 12.0. The molecule has 0 bridgehead atoms. The number of amides is 1. The summed E-state index contributed by atoms with van der Waals surface area (Å²) in [6, 6.07) is 4.10. The lowest BCUT2D eigenvalue weighted by Gasteiger charge is -2.44. The Hall–Kier alpha value is -3.60. The summed E-state index contributed by atoms with van der Waals surface area (Å²) in [7, 11) is 1.47. The summed E-state index contributed by atoms with van der Waals surface area (Å²) in [5.41, 5.74) is 0.861. The maximum atomic E-state index is 12.0. The zero-order valence-electron chi connectivity index (χ0n) is 20.6. The lowest BCUT2D eigenvalue weighted by molar-refractivity contribution is -0.257. The second-order valence-corrected chi connectivity index (χ2v) is 7.75. The first kappa shape index (κ1) is 27.6. The molecule has 0 spiro atoms. The number of carbonyl (C=O) groups is 4. The van der Waals surface area contributed by atoms with Gasteiger partial charge in [-0.3, -0.25) is 19.2 Å². The predicted molar refractivity (Wildman–Crippen MR) is 122 cm³/mol. The monoisotopic (exact) mass is 493 g/mol. The van der Waals surface area contributed by atoms with Gasteiger partial charge in [-0.05, 0) is 24.6 Å². The summed E-state index contributed by atoms with van der Waals surface area (Å²) in [5, 5.41) is 2.65. The van der Waals surface area contributed by atoms with E-state index in [1.807, 2.05) is 19.1 Å². The largest absolute Gasteiger partial charge is 0.493 e. The molecule has 11 nitrogen and oxygen atoms in total. The Kier molecular flexibility index (Phi) is 10.1. The second-order valence-electron chi connectivity index (χ2n) is 7.75. The van der Waals surface area contributed by atoms with E-state index >= 15 is 0 Å². The number of hydrogen-bond acceptors (Lipinski definition) is 10. The first-order chi connectivity index (χ1) is 16.5. The SMILES string of the molecule is C/C=C/c1ccc(O[C@@H]2O[C@H](COC(C)=O)[C@@H](OC(C)=O)[C@@H](OC(C)=O)[C@@H]2NC(C)=O)c(OC)c1. The van der Waals surface area contributed by atoms with Gasteiger partial charge >= 0.3 is 17.9 Å². The Morgan fingerprint density at radius 2 is 1.63 bits per heavy atom. The molecule has 1 aliphatic rings. The van der Waals surface area contributed by atoms with Crippen LogP contribution in [0.1, 0.15) is 40.2 Å². The van der Waals surface area contributed by atoms with Crippen molar-refractivity contribution in [3.63, 3.8) is 0 Å². The first-order valence-electron chi connectivity index (χ1n) is 10.9. The predicted octanol–water partition coefficient (Wildman–Crippen LogP) is 1.76. The highest BCUT2D eigenvalue weighted by molar-refractivity contribution is 5.73. The van der Waals surface area contributed by atoms with Gasteiger partial charge in [0.15, 0.2) is 23.7 Å². The first-order valence-corrected chi connectivity index (χ1v) is 10.9. The molecule has 1 fully saturated rings. The zero-order chi connectivity index (χ0) is 26.1.